The minimum Gasteiger partial charge on any atom is -0.454 e. The molecule has 1 atom stereocenters. The van der Waals surface area contributed by atoms with Gasteiger partial charge in [-0.05, 0) is 31.4 Å². The summed E-state index contributed by atoms with van der Waals surface area (Å²) in [7, 11) is 0. The number of nitrogens with zero attached hydrogens (tertiary/aromatic N) is 1. The molecule has 1 heterocycles. The predicted molar refractivity (Wildman–Crippen MR) is 78.4 cm³/mol. The molecule has 0 amide bonds. The molecular weight excluding hydrogens is 286 g/mol. The van der Waals surface area contributed by atoms with Crippen LogP contribution in [0.3, 0.4) is 0 Å². The van der Waals surface area contributed by atoms with E-state index in [1.807, 2.05) is 0 Å². The Morgan fingerprint density at radius 1 is 1.27 bits per heavy atom. The van der Waals surface area contributed by atoms with Crippen LogP contribution in [0.1, 0.15) is 32.1 Å². The molecule has 0 bridgehead atoms. The van der Waals surface area contributed by atoms with E-state index in [0.717, 1.165) is 12.8 Å². The standard InChI is InChI=1S/C16H17NO5/c18-12-6-2-4-8-14(12)21-15(19)9-10-17-11-5-1-3-7-13(11)22-16(17)20/h1,3,5,7,14H,2,4,6,8-10H2. The Balaban J connectivity index is 1.64. The lowest BCUT2D eigenvalue weighted by molar-refractivity contribution is -0.157. The van der Waals surface area contributed by atoms with Crippen LogP contribution in [0.5, 0.6) is 0 Å². The monoisotopic (exact) mass is 303 g/mol. The topological polar surface area (TPSA) is 78.5 Å². The van der Waals surface area contributed by atoms with Gasteiger partial charge in [-0.15, -0.1) is 0 Å². The number of rotatable bonds is 4. The van der Waals surface area contributed by atoms with Crippen LogP contribution >= 0.6 is 0 Å². The van der Waals surface area contributed by atoms with Gasteiger partial charge in [0.25, 0.3) is 0 Å². The van der Waals surface area contributed by atoms with E-state index in [9.17, 15) is 14.4 Å². The van der Waals surface area contributed by atoms with Gasteiger partial charge >= 0.3 is 11.7 Å². The molecule has 0 aliphatic heterocycles. The number of hydrogen-bond acceptors (Lipinski definition) is 5. The van der Waals surface area contributed by atoms with Gasteiger partial charge in [0.05, 0.1) is 11.9 Å². The minimum absolute atomic E-state index is 0.00877. The maximum absolute atomic E-state index is 11.9. The molecule has 6 heteroatoms. The molecule has 22 heavy (non-hydrogen) atoms. The van der Waals surface area contributed by atoms with Crippen molar-refractivity contribution in [2.24, 2.45) is 0 Å². The van der Waals surface area contributed by atoms with Crippen LogP contribution in [0, 0.1) is 0 Å². The SMILES string of the molecule is O=C(CCn1c(=O)oc2ccccc21)OC1CCCCC1=O. The van der Waals surface area contributed by atoms with E-state index in [1.54, 1.807) is 24.3 Å². The molecule has 1 aromatic carbocycles. The van der Waals surface area contributed by atoms with Gasteiger partial charge in [-0.1, -0.05) is 12.1 Å². The van der Waals surface area contributed by atoms with Crippen molar-refractivity contribution in [2.45, 2.75) is 44.8 Å². The molecule has 1 saturated carbocycles. The molecule has 0 N–H and O–H groups in total. The highest BCUT2D eigenvalue weighted by molar-refractivity contribution is 5.86. The third-order valence-corrected chi connectivity index (χ3v) is 3.89. The summed E-state index contributed by atoms with van der Waals surface area (Å²) in [5, 5.41) is 0. The average Bonchev–Trinajstić information content (AvgIpc) is 2.83. The van der Waals surface area contributed by atoms with Gasteiger partial charge in [0.2, 0.25) is 0 Å². The van der Waals surface area contributed by atoms with Crippen molar-refractivity contribution in [3.05, 3.63) is 34.8 Å². The molecule has 116 valence electrons. The smallest absolute Gasteiger partial charge is 0.419 e. The van der Waals surface area contributed by atoms with Crippen LogP contribution in [0.25, 0.3) is 11.1 Å². The number of benzene rings is 1. The summed E-state index contributed by atoms with van der Waals surface area (Å²) < 4.78 is 11.7. The quantitative estimate of drug-likeness (QED) is 0.808. The summed E-state index contributed by atoms with van der Waals surface area (Å²) in [5.74, 6) is -0.967. The minimum atomic E-state index is -0.612. The Kier molecular flexibility index (Phi) is 4.09. The number of Topliss-reactive ketones (excluding diaryl/α,β-unsaturated/α-hetero) is 1. The number of oxazole rings is 1. The first kappa shape index (κ1) is 14.6. The number of fused-ring (bicyclic) bond motifs is 1. The molecular formula is C16H17NO5. The summed E-state index contributed by atoms with van der Waals surface area (Å²) in [6, 6.07) is 7.04. The molecule has 1 aliphatic carbocycles. The maximum atomic E-state index is 11.9. The summed E-state index contributed by atoms with van der Waals surface area (Å²) >= 11 is 0. The van der Waals surface area contributed by atoms with E-state index in [4.69, 9.17) is 9.15 Å². The number of hydrogen-bond donors (Lipinski definition) is 0. The molecule has 1 aromatic heterocycles. The van der Waals surface area contributed by atoms with Gasteiger partial charge in [0.15, 0.2) is 17.5 Å². The van der Waals surface area contributed by atoms with E-state index < -0.39 is 17.8 Å². The largest absolute Gasteiger partial charge is 0.454 e. The van der Waals surface area contributed by atoms with Crippen molar-refractivity contribution in [1.82, 2.24) is 4.57 Å². The van der Waals surface area contributed by atoms with Crippen molar-refractivity contribution in [3.63, 3.8) is 0 Å². The average molecular weight is 303 g/mol. The highest BCUT2D eigenvalue weighted by Crippen LogP contribution is 2.18. The predicted octanol–water partition coefficient (Wildman–Crippen LogP) is 2.04. The number of para-hydroxylation sites is 2. The molecule has 2 aromatic rings. The Hall–Kier alpha value is -2.37. The zero-order valence-corrected chi connectivity index (χ0v) is 12.1. The van der Waals surface area contributed by atoms with Crippen LogP contribution in [0.15, 0.2) is 33.5 Å². The lowest BCUT2D eigenvalue weighted by atomic mass is 9.96. The van der Waals surface area contributed by atoms with Gasteiger partial charge in [-0.2, -0.15) is 0 Å². The Morgan fingerprint density at radius 3 is 2.91 bits per heavy atom. The number of ketones is 1. The molecule has 1 aliphatic rings. The van der Waals surface area contributed by atoms with Crippen LogP contribution in [0.4, 0.5) is 0 Å². The maximum Gasteiger partial charge on any atom is 0.419 e. The molecule has 3 rings (SSSR count). The Morgan fingerprint density at radius 2 is 2.09 bits per heavy atom. The van der Waals surface area contributed by atoms with E-state index in [1.165, 1.54) is 4.57 Å². The number of aryl methyl sites for hydroxylation is 1. The highest BCUT2D eigenvalue weighted by atomic mass is 16.5. The summed E-state index contributed by atoms with van der Waals surface area (Å²) in [6.07, 6.45) is 2.26. The fourth-order valence-corrected chi connectivity index (χ4v) is 2.72. The summed E-state index contributed by atoms with van der Waals surface area (Å²) in [4.78, 5) is 35.3. The lowest BCUT2D eigenvalue weighted by Crippen LogP contribution is -2.30. The Bertz CT molecular complexity index is 757. The fourth-order valence-electron chi connectivity index (χ4n) is 2.72. The zero-order valence-electron chi connectivity index (χ0n) is 12.1. The second-order valence-corrected chi connectivity index (χ2v) is 5.43. The number of esters is 1. The van der Waals surface area contributed by atoms with E-state index >= 15 is 0 Å². The van der Waals surface area contributed by atoms with Gasteiger partial charge in [0.1, 0.15) is 0 Å². The van der Waals surface area contributed by atoms with Crippen molar-refractivity contribution >= 4 is 22.9 Å². The molecule has 0 spiro atoms. The van der Waals surface area contributed by atoms with E-state index in [2.05, 4.69) is 0 Å². The van der Waals surface area contributed by atoms with Crippen molar-refractivity contribution in [1.29, 1.82) is 0 Å². The summed E-state index contributed by atoms with van der Waals surface area (Å²) in [6.45, 7) is 0.176. The van der Waals surface area contributed by atoms with Gasteiger partial charge in [0, 0.05) is 13.0 Å². The van der Waals surface area contributed by atoms with Crippen LogP contribution in [0.2, 0.25) is 0 Å². The molecule has 1 unspecified atom stereocenters. The molecule has 0 radical (unpaired) electrons. The fraction of sp³-hybridized carbons (Fsp3) is 0.438. The second kappa shape index (κ2) is 6.17. The van der Waals surface area contributed by atoms with Crippen molar-refractivity contribution in [2.75, 3.05) is 0 Å². The van der Waals surface area contributed by atoms with Crippen LogP contribution in [-0.2, 0) is 20.9 Å². The number of aromatic nitrogens is 1. The number of ether oxygens (including phenoxy) is 1. The third kappa shape index (κ3) is 2.95. The number of carbonyl (C=O) groups excluding carboxylic acids is 2. The van der Waals surface area contributed by atoms with Gasteiger partial charge in [-0.25, -0.2) is 4.79 Å². The van der Waals surface area contributed by atoms with Crippen LogP contribution < -0.4 is 5.76 Å². The van der Waals surface area contributed by atoms with Gasteiger partial charge in [-0.3, -0.25) is 14.2 Å². The normalized spacial score (nSPS) is 18.5. The first-order valence-corrected chi connectivity index (χ1v) is 7.46. The third-order valence-electron chi connectivity index (χ3n) is 3.89. The second-order valence-electron chi connectivity index (χ2n) is 5.43. The van der Waals surface area contributed by atoms with Crippen molar-refractivity contribution in [3.8, 4) is 0 Å². The first-order valence-electron chi connectivity index (χ1n) is 7.46. The highest BCUT2D eigenvalue weighted by Gasteiger charge is 2.25. The van der Waals surface area contributed by atoms with E-state index in [0.29, 0.717) is 23.9 Å². The molecule has 0 saturated heterocycles. The van der Waals surface area contributed by atoms with Crippen LogP contribution in [-0.4, -0.2) is 22.4 Å². The lowest BCUT2D eigenvalue weighted by Gasteiger charge is -2.20. The molecule has 1 fully saturated rings. The van der Waals surface area contributed by atoms with Gasteiger partial charge < -0.3 is 9.15 Å². The number of carbonyl (C=O) groups is 2. The zero-order chi connectivity index (χ0) is 15.5. The van der Waals surface area contributed by atoms with Crippen molar-refractivity contribution < 1.29 is 18.7 Å². The first-order chi connectivity index (χ1) is 10.6. The molecule has 6 nitrogen and oxygen atoms in total. The Labute approximate surface area is 126 Å². The summed E-state index contributed by atoms with van der Waals surface area (Å²) in [5.41, 5.74) is 1.14. The van der Waals surface area contributed by atoms with E-state index in [-0.39, 0.29) is 18.7 Å².